The SMILES string of the molecule is C[C@H]1C[C@H](C)CN(C(=O)C2CCN(S(=O)(=O)c3cccc(OC(F)(F)F)c3)CC2)C1. The molecule has 0 saturated carbocycles. The van der Waals surface area contributed by atoms with Crippen LogP contribution in [0.4, 0.5) is 13.2 Å². The summed E-state index contributed by atoms with van der Waals surface area (Å²) in [7, 11) is -3.97. The van der Waals surface area contributed by atoms with Gasteiger partial charge in [-0.3, -0.25) is 4.79 Å². The molecule has 1 amide bonds. The lowest BCUT2D eigenvalue weighted by atomic mass is 9.89. The van der Waals surface area contributed by atoms with Crippen LogP contribution in [-0.2, 0) is 14.8 Å². The van der Waals surface area contributed by atoms with Crippen molar-refractivity contribution in [3.05, 3.63) is 24.3 Å². The number of hydrogen-bond acceptors (Lipinski definition) is 4. The Balaban J connectivity index is 1.64. The second kappa shape index (κ2) is 8.74. The molecule has 0 N–H and O–H groups in total. The van der Waals surface area contributed by atoms with Crippen molar-refractivity contribution in [1.82, 2.24) is 9.21 Å². The van der Waals surface area contributed by atoms with E-state index in [4.69, 9.17) is 0 Å². The lowest BCUT2D eigenvalue weighted by molar-refractivity contribution is -0.274. The maximum absolute atomic E-state index is 12.9. The van der Waals surface area contributed by atoms with Crippen LogP contribution in [0, 0.1) is 17.8 Å². The monoisotopic (exact) mass is 448 g/mol. The number of sulfonamides is 1. The smallest absolute Gasteiger partial charge is 0.406 e. The summed E-state index contributed by atoms with van der Waals surface area (Å²) < 4.78 is 68.1. The quantitative estimate of drug-likeness (QED) is 0.707. The third-order valence-corrected chi connectivity index (χ3v) is 7.56. The minimum Gasteiger partial charge on any atom is -0.406 e. The number of carbonyl (C=O) groups is 1. The predicted molar refractivity (Wildman–Crippen MR) is 104 cm³/mol. The van der Waals surface area contributed by atoms with Gasteiger partial charge >= 0.3 is 6.36 Å². The molecule has 1 aromatic carbocycles. The van der Waals surface area contributed by atoms with Gasteiger partial charge in [0.25, 0.3) is 0 Å². The van der Waals surface area contributed by atoms with Gasteiger partial charge in [-0.25, -0.2) is 8.42 Å². The van der Waals surface area contributed by atoms with Crippen LogP contribution in [-0.4, -0.2) is 56.1 Å². The van der Waals surface area contributed by atoms with Crippen LogP contribution in [0.1, 0.15) is 33.1 Å². The van der Waals surface area contributed by atoms with Gasteiger partial charge < -0.3 is 9.64 Å². The highest BCUT2D eigenvalue weighted by atomic mass is 32.2. The van der Waals surface area contributed by atoms with Crippen LogP contribution in [0.25, 0.3) is 0 Å². The molecule has 0 unspecified atom stereocenters. The average molecular weight is 449 g/mol. The molecule has 2 fully saturated rings. The van der Waals surface area contributed by atoms with E-state index < -0.39 is 22.1 Å². The molecule has 2 atom stereocenters. The highest BCUT2D eigenvalue weighted by Gasteiger charge is 2.36. The second-order valence-corrected chi connectivity index (χ2v) is 10.3. The molecular weight excluding hydrogens is 421 g/mol. The highest BCUT2D eigenvalue weighted by Crippen LogP contribution is 2.30. The standard InChI is InChI=1S/C20H27F3N2O4S/c1-14-10-15(2)13-24(12-14)19(26)16-6-8-25(9-7-16)30(27,28)18-5-3-4-17(11-18)29-20(21,22)23/h3-5,11,14-16H,6-10,12-13H2,1-2H3/t14-,15-/m0/s1. The fraction of sp³-hybridized carbons (Fsp3) is 0.650. The van der Waals surface area contributed by atoms with Gasteiger partial charge in [0.05, 0.1) is 4.90 Å². The summed E-state index contributed by atoms with van der Waals surface area (Å²) in [6.45, 7) is 6.02. The summed E-state index contributed by atoms with van der Waals surface area (Å²) >= 11 is 0. The summed E-state index contributed by atoms with van der Waals surface area (Å²) in [6, 6.07) is 4.38. The Hall–Kier alpha value is -1.81. The Morgan fingerprint density at radius 3 is 2.27 bits per heavy atom. The van der Waals surface area contributed by atoms with Crippen LogP contribution >= 0.6 is 0 Å². The van der Waals surface area contributed by atoms with E-state index in [9.17, 15) is 26.4 Å². The molecule has 0 aromatic heterocycles. The van der Waals surface area contributed by atoms with E-state index >= 15 is 0 Å². The summed E-state index contributed by atoms with van der Waals surface area (Å²) in [4.78, 5) is 14.5. The maximum Gasteiger partial charge on any atom is 0.573 e. The first-order chi connectivity index (χ1) is 14.0. The third kappa shape index (κ3) is 5.46. The van der Waals surface area contributed by atoms with Gasteiger partial charge in [0, 0.05) is 38.2 Å². The number of halogens is 3. The van der Waals surface area contributed by atoms with Crippen LogP contribution in [0.3, 0.4) is 0 Å². The Labute approximate surface area is 175 Å². The molecule has 6 nitrogen and oxygen atoms in total. The third-order valence-electron chi connectivity index (χ3n) is 5.66. The van der Waals surface area contributed by atoms with Gasteiger partial charge in [0.15, 0.2) is 0 Å². The topological polar surface area (TPSA) is 66.9 Å². The van der Waals surface area contributed by atoms with Crippen molar-refractivity contribution in [2.24, 2.45) is 17.8 Å². The molecule has 2 aliphatic rings. The fourth-order valence-electron chi connectivity index (χ4n) is 4.43. The number of likely N-dealkylation sites (tertiary alicyclic amines) is 1. The van der Waals surface area contributed by atoms with E-state index in [0.29, 0.717) is 24.7 Å². The van der Waals surface area contributed by atoms with Crippen LogP contribution in [0.2, 0.25) is 0 Å². The zero-order chi connectivity index (χ0) is 22.1. The number of amides is 1. The molecule has 168 valence electrons. The molecule has 30 heavy (non-hydrogen) atoms. The molecule has 1 aromatic rings. The minimum atomic E-state index is -4.90. The van der Waals surface area contributed by atoms with E-state index in [1.54, 1.807) is 0 Å². The zero-order valence-electron chi connectivity index (χ0n) is 17.1. The second-order valence-electron chi connectivity index (χ2n) is 8.39. The molecule has 2 saturated heterocycles. The van der Waals surface area contributed by atoms with Crippen molar-refractivity contribution >= 4 is 15.9 Å². The van der Waals surface area contributed by atoms with Gasteiger partial charge in [-0.05, 0) is 43.2 Å². The number of benzene rings is 1. The predicted octanol–water partition coefficient (Wildman–Crippen LogP) is 3.49. The number of piperidine rings is 2. The molecule has 0 bridgehead atoms. The van der Waals surface area contributed by atoms with Gasteiger partial charge in [-0.1, -0.05) is 19.9 Å². The van der Waals surface area contributed by atoms with E-state index in [1.165, 1.54) is 16.4 Å². The van der Waals surface area contributed by atoms with Crippen molar-refractivity contribution in [2.45, 2.75) is 44.4 Å². The number of nitrogens with zero attached hydrogens (tertiary/aromatic N) is 2. The number of hydrogen-bond donors (Lipinski definition) is 0. The van der Waals surface area contributed by atoms with E-state index in [-0.39, 0.29) is 29.8 Å². The van der Waals surface area contributed by atoms with Crippen molar-refractivity contribution in [3.63, 3.8) is 0 Å². The van der Waals surface area contributed by atoms with Gasteiger partial charge in [-0.15, -0.1) is 13.2 Å². The molecular formula is C20H27F3N2O4S. The number of carbonyl (C=O) groups excluding carboxylic acids is 1. The molecule has 0 spiro atoms. The summed E-state index contributed by atoms with van der Waals surface area (Å²) in [6.07, 6.45) is -3.01. The first-order valence-electron chi connectivity index (χ1n) is 10.1. The summed E-state index contributed by atoms with van der Waals surface area (Å²) in [5.41, 5.74) is 0. The number of alkyl halides is 3. The van der Waals surface area contributed by atoms with Crippen LogP contribution in [0.15, 0.2) is 29.2 Å². The Morgan fingerprint density at radius 1 is 1.10 bits per heavy atom. The molecule has 0 aliphatic carbocycles. The van der Waals surface area contributed by atoms with Crippen molar-refractivity contribution in [2.75, 3.05) is 26.2 Å². The largest absolute Gasteiger partial charge is 0.573 e. The van der Waals surface area contributed by atoms with Gasteiger partial charge in [0.2, 0.25) is 15.9 Å². The zero-order valence-corrected chi connectivity index (χ0v) is 17.9. The van der Waals surface area contributed by atoms with Gasteiger partial charge in [0.1, 0.15) is 5.75 Å². The maximum atomic E-state index is 12.9. The Kier molecular flexibility index (Phi) is 6.66. The van der Waals surface area contributed by atoms with Crippen LogP contribution in [0.5, 0.6) is 5.75 Å². The first-order valence-corrected chi connectivity index (χ1v) is 11.5. The first kappa shape index (κ1) is 22.9. The molecule has 0 radical (unpaired) electrons. The summed E-state index contributed by atoms with van der Waals surface area (Å²) in [5, 5.41) is 0. The normalized spacial score (nSPS) is 24.6. The lowest BCUT2D eigenvalue weighted by Gasteiger charge is -2.39. The lowest BCUT2D eigenvalue weighted by Crippen LogP contribution is -2.48. The van der Waals surface area contributed by atoms with E-state index in [0.717, 1.165) is 31.6 Å². The van der Waals surface area contributed by atoms with E-state index in [2.05, 4.69) is 18.6 Å². The molecule has 10 heteroatoms. The van der Waals surface area contributed by atoms with Crippen molar-refractivity contribution < 1.29 is 31.1 Å². The number of rotatable bonds is 4. The van der Waals surface area contributed by atoms with Gasteiger partial charge in [-0.2, -0.15) is 4.31 Å². The highest BCUT2D eigenvalue weighted by molar-refractivity contribution is 7.89. The molecule has 3 rings (SSSR count). The average Bonchev–Trinajstić information content (AvgIpc) is 2.65. The summed E-state index contributed by atoms with van der Waals surface area (Å²) in [5.74, 6) is 0.163. The Bertz CT molecular complexity index is 857. The van der Waals surface area contributed by atoms with Crippen molar-refractivity contribution in [3.8, 4) is 5.75 Å². The van der Waals surface area contributed by atoms with E-state index in [1.807, 2.05) is 4.90 Å². The number of ether oxygens (including phenoxy) is 1. The van der Waals surface area contributed by atoms with Crippen LogP contribution < -0.4 is 4.74 Å². The van der Waals surface area contributed by atoms with Crippen molar-refractivity contribution in [1.29, 1.82) is 0 Å². The Morgan fingerprint density at radius 2 is 1.70 bits per heavy atom. The minimum absolute atomic E-state index is 0.0750. The molecule has 2 heterocycles. The molecule has 2 aliphatic heterocycles. The fourth-order valence-corrected chi connectivity index (χ4v) is 5.93.